The van der Waals surface area contributed by atoms with Gasteiger partial charge in [0.15, 0.2) is 0 Å². The van der Waals surface area contributed by atoms with Crippen LogP contribution >= 0.6 is 0 Å². The van der Waals surface area contributed by atoms with Crippen LogP contribution in [0.5, 0.6) is 5.75 Å². The van der Waals surface area contributed by atoms with Crippen molar-refractivity contribution < 1.29 is 14.6 Å². The molecule has 1 saturated heterocycles. The molecule has 1 fully saturated rings. The van der Waals surface area contributed by atoms with Crippen molar-refractivity contribution in [2.75, 3.05) is 26.2 Å². The van der Waals surface area contributed by atoms with E-state index in [4.69, 9.17) is 9.47 Å². The Hall–Kier alpha value is -2.67. The monoisotopic (exact) mass is 408 g/mol. The number of pyridine rings is 1. The molecule has 1 aliphatic rings. The standard InChI is InChI=1S/C24H28N2O4/c1-16(2)30-23-13-26(14-23)12-21(27)15-29-22-7-5-17-9-18(3-4-19(17)10-22)20-6-8-24(28)25-11-20/h3-11,16,21,23,27H,12-15H2,1-2H3,(H,25,28). The molecule has 1 aromatic heterocycles. The normalized spacial score (nSPS) is 16.0. The van der Waals surface area contributed by atoms with Gasteiger partial charge in [-0.1, -0.05) is 18.2 Å². The van der Waals surface area contributed by atoms with E-state index < -0.39 is 6.10 Å². The molecule has 1 unspecified atom stereocenters. The Labute approximate surface area is 176 Å². The minimum Gasteiger partial charge on any atom is -0.491 e. The molecule has 0 radical (unpaired) electrons. The maximum Gasteiger partial charge on any atom is 0.247 e. The zero-order valence-corrected chi connectivity index (χ0v) is 17.4. The molecule has 2 N–H and O–H groups in total. The predicted octanol–water partition coefficient (Wildman–Crippen LogP) is 3.04. The third kappa shape index (κ3) is 5.08. The van der Waals surface area contributed by atoms with Gasteiger partial charge in [0, 0.05) is 31.9 Å². The van der Waals surface area contributed by atoms with Crippen molar-refractivity contribution in [3.63, 3.8) is 0 Å². The lowest BCUT2D eigenvalue weighted by Gasteiger charge is -2.40. The van der Waals surface area contributed by atoms with Crippen LogP contribution in [0.4, 0.5) is 0 Å². The van der Waals surface area contributed by atoms with Gasteiger partial charge >= 0.3 is 0 Å². The van der Waals surface area contributed by atoms with Crippen LogP contribution in [0.2, 0.25) is 0 Å². The van der Waals surface area contributed by atoms with E-state index >= 15 is 0 Å². The van der Waals surface area contributed by atoms with Crippen molar-refractivity contribution in [1.82, 2.24) is 9.88 Å². The first-order chi connectivity index (χ1) is 14.5. The number of aliphatic hydroxyl groups excluding tert-OH is 1. The van der Waals surface area contributed by atoms with Crippen molar-refractivity contribution in [2.24, 2.45) is 0 Å². The molecule has 2 heterocycles. The topological polar surface area (TPSA) is 74.8 Å². The summed E-state index contributed by atoms with van der Waals surface area (Å²) in [6, 6.07) is 15.4. The van der Waals surface area contributed by atoms with E-state index in [9.17, 15) is 9.90 Å². The van der Waals surface area contributed by atoms with E-state index in [2.05, 4.69) is 16.0 Å². The molecule has 0 bridgehead atoms. The van der Waals surface area contributed by atoms with Crippen LogP contribution in [0.25, 0.3) is 21.9 Å². The first kappa shape index (κ1) is 20.6. The largest absolute Gasteiger partial charge is 0.491 e. The van der Waals surface area contributed by atoms with Gasteiger partial charge in [0.2, 0.25) is 5.56 Å². The molecule has 1 aliphatic heterocycles. The average molecular weight is 408 g/mol. The Kier molecular flexibility index (Phi) is 6.18. The van der Waals surface area contributed by atoms with Gasteiger partial charge in [0.05, 0.1) is 12.2 Å². The highest BCUT2D eigenvalue weighted by atomic mass is 16.5. The molecule has 6 nitrogen and oxygen atoms in total. The number of β-amino-alcohol motifs (C(OH)–C–C–N with tert-alkyl or cyclic N) is 1. The Bertz CT molecular complexity index is 1040. The lowest BCUT2D eigenvalue weighted by Crippen LogP contribution is -2.55. The van der Waals surface area contributed by atoms with Crippen molar-refractivity contribution in [1.29, 1.82) is 0 Å². The highest BCUT2D eigenvalue weighted by Gasteiger charge is 2.29. The molecule has 6 heteroatoms. The first-order valence-corrected chi connectivity index (χ1v) is 10.4. The summed E-state index contributed by atoms with van der Waals surface area (Å²) in [7, 11) is 0. The number of aromatic nitrogens is 1. The molecule has 30 heavy (non-hydrogen) atoms. The number of hydrogen-bond donors (Lipinski definition) is 2. The summed E-state index contributed by atoms with van der Waals surface area (Å²) in [5.41, 5.74) is 1.89. The van der Waals surface area contributed by atoms with Gasteiger partial charge in [-0.2, -0.15) is 0 Å². The van der Waals surface area contributed by atoms with Crippen LogP contribution in [0.3, 0.4) is 0 Å². The molecule has 2 aromatic carbocycles. The molecular formula is C24H28N2O4. The first-order valence-electron chi connectivity index (χ1n) is 10.4. The van der Waals surface area contributed by atoms with Crippen LogP contribution in [0.1, 0.15) is 13.8 Å². The lowest BCUT2D eigenvalue weighted by atomic mass is 10.0. The van der Waals surface area contributed by atoms with E-state index in [-0.39, 0.29) is 24.4 Å². The second-order valence-corrected chi connectivity index (χ2v) is 8.16. The maximum absolute atomic E-state index is 11.2. The van der Waals surface area contributed by atoms with E-state index in [1.807, 2.05) is 50.2 Å². The second kappa shape index (κ2) is 9.00. The van der Waals surface area contributed by atoms with Crippen LogP contribution in [0.15, 0.2) is 59.5 Å². The third-order valence-electron chi connectivity index (χ3n) is 5.23. The van der Waals surface area contributed by atoms with E-state index in [0.29, 0.717) is 6.54 Å². The number of nitrogens with zero attached hydrogens (tertiary/aromatic N) is 1. The number of rotatable bonds is 8. The fourth-order valence-electron chi connectivity index (χ4n) is 3.77. The SMILES string of the molecule is CC(C)OC1CN(CC(O)COc2ccc3cc(-c4ccc(=O)[nH]c4)ccc3c2)C1. The lowest BCUT2D eigenvalue weighted by molar-refractivity contribution is -0.0920. The van der Waals surface area contributed by atoms with E-state index in [1.165, 1.54) is 6.07 Å². The number of hydrogen-bond acceptors (Lipinski definition) is 5. The van der Waals surface area contributed by atoms with Crippen molar-refractivity contribution >= 4 is 10.8 Å². The van der Waals surface area contributed by atoms with Gasteiger partial charge < -0.3 is 19.6 Å². The number of nitrogens with one attached hydrogen (secondary N) is 1. The second-order valence-electron chi connectivity index (χ2n) is 8.16. The highest BCUT2D eigenvalue weighted by molar-refractivity contribution is 5.88. The summed E-state index contributed by atoms with van der Waals surface area (Å²) in [6.45, 7) is 6.66. The van der Waals surface area contributed by atoms with Crippen molar-refractivity contribution in [2.45, 2.75) is 32.2 Å². The average Bonchev–Trinajstić information content (AvgIpc) is 2.70. The van der Waals surface area contributed by atoms with Crippen LogP contribution < -0.4 is 10.3 Å². The number of likely N-dealkylation sites (tertiary alicyclic amines) is 1. The fourth-order valence-corrected chi connectivity index (χ4v) is 3.77. The quantitative estimate of drug-likeness (QED) is 0.599. The molecule has 4 rings (SSSR count). The fraction of sp³-hybridized carbons (Fsp3) is 0.375. The predicted molar refractivity (Wildman–Crippen MR) is 118 cm³/mol. The Morgan fingerprint density at radius 2 is 1.80 bits per heavy atom. The van der Waals surface area contributed by atoms with E-state index in [1.54, 1.807) is 6.20 Å². The van der Waals surface area contributed by atoms with Crippen LogP contribution in [-0.4, -0.2) is 59.5 Å². The number of fused-ring (bicyclic) bond motifs is 1. The summed E-state index contributed by atoms with van der Waals surface area (Å²) >= 11 is 0. The summed E-state index contributed by atoms with van der Waals surface area (Å²) in [5.74, 6) is 0.739. The summed E-state index contributed by atoms with van der Waals surface area (Å²) < 4.78 is 11.6. The number of aliphatic hydroxyl groups is 1. The van der Waals surface area contributed by atoms with Gasteiger partial charge in [0.1, 0.15) is 18.5 Å². The Balaban J connectivity index is 1.32. The molecule has 3 aromatic rings. The number of H-pyrrole nitrogens is 1. The molecule has 158 valence electrons. The highest BCUT2D eigenvalue weighted by Crippen LogP contribution is 2.26. The summed E-state index contributed by atoms with van der Waals surface area (Å²) in [4.78, 5) is 16.1. The molecule has 0 amide bonds. The summed E-state index contributed by atoms with van der Waals surface area (Å²) in [5, 5.41) is 12.4. The minimum absolute atomic E-state index is 0.110. The maximum atomic E-state index is 11.2. The van der Waals surface area contributed by atoms with Crippen LogP contribution in [0, 0.1) is 0 Å². The van der Waals surface area contributed by atoms with Gasteiger partial charge in [0.25, 0.3) is 0 Å². The number of ether oxygens (including phenoxy) is 2. The Morgan fingerprint density at radius 1 is 1.07 bits per heavy atom. The van der Waals surface area contributed by atoms with Crippen molar-refractivity contribution in [3.8, 4) is 16.9 Å². The van der Waals surface area contributed by atoms with Gasteiger partial charge in [-0.05, 0) is 60.0 Å². The van der Waals surface area contributed by atoms with E-state index in [0.717, 1.165) is 40.7 Å². The zero-order chi connectivity index (χ0) is 21.1. The smallest absolute Gasteiger partial charge is 0.247 e. The molecule has 0 spiro atoms. The molecule has 1 atom stereocenters. The van der Waals surface area contributed by atoms with Crippen molar-refractivity contribution in [3.05, 3.63) is 65.1 Å². The Morgan fingerprint density at radius 3 is 2.53 bits per heavy atom. The van der Waals surface area contributed by atoms with Gasteiger partial charge in [-0.25, -0.2) is 0 Å². The molecule has 0 aliphatic carbocycles. The minimum atomic E-state index is -0.539. The number of benzene rings is 2. The van der Waals surface area contributed by atoms with Gasteiger partial charge in [-0.3, -0.25) is 9.69 Å². The number of aromatic amines is 1. The van der Waals surface area contributed by atoms with Crippen LogP contribution in [-0.2, 0) is 4.74 Å². The third-order valence-corrected chi connectivity index (χ3v) is 5.23. The zero-order valence-electron chi connectivity index (χ0n) is 17.4. The molecular weight excluding hydrogens is 380 g/mol. The summed E-state index contributed by atoms with van der Waals surface area (Å²) in [6.07, 6.45) is 1.70. The van der Waals surface area contributed by atoms with Gasteiger partial charge in [-0.15, -0.1) is 0 Å². The molecule has 0 saturated carbocycles.